The molecule has 1 saturated heterocycles. The van der Waals surface area contributed by atoms with E-state index in [-0.39, 0.29) is 27.3 Å². The zero-order chi connectivity index (χ0) is 12.5. The average molecular weight is 332 g/mol. The highest BCUT2D eigenvalue weighted by Gasteiger charge is 2.29. The minimum atomic E-state index is -3.59. The number of benzene rings is 1. The first-order valence-corrected chi connectivity index (χ1v) is 7.38. The Morgan fingerprint density at radius 2 is 1.61 bits per heavy atom. The normalized spacial score (nSPS) is 17.2. The summed E-state index contributed by atoms with van der Waals surface area (Å²) in [5.74, 6) is 0. The Kier molecular flexibility index (Phi) is 5.70. The fourth-order valence-electron chi connectivity index (χ4n) is 1.74. The number of sulfonamides is 1. The third kappa shape index (κ3) is 3.10. The van der Waals surface area contributed by atoms with Gasteiger partial charge < -0.3 is 5.32 Å². The van der Waals surface area contributed by atoms with E-state index in [1.807, 2.05) is 0 Å². The molecule has 18 heavy (non-hydrogen) atoms. The lowest BCUT2D eigenvalue weighted by atomic mass is 10.4. The van der Waals surface area contributed by atoms with Gasteiger partial charge in [0.25, 0.3) is 0 Å². The summed E-state index contributed by atoms with van der Waals surface area (Å²) in [7, 11) is -3.59. The standard InChI is InChI=1S/C10H12Cl2N2O2S.ClH/c11-8-2-1-3-9(12)10(8)17(15,16)14-6-4-13-5-7-14;/h1-3,13H,4-7H2;1H. The number of nitrogens with zero attached hydrogens (tertiary/aromatic N) is 1. The van der Waals surface area contributed by atoms with Crippen molar-refractivity contribution in [2.75, 3.05) is 26.2 Å². The first kappa shape index (κ1) is 16.0. The summed E-state index contributed by atoms with van der Waals surface area (Å²) < 4.78 is 26.1. The third-order valence-electron chi connectivity index (χ3n) is 2.59. The van der Waals surface area contributed by atoms with Crippen molar-refractivity contribution >= 4 is 45.6 Å². The van der Waals surface area contributed by atoms with Crippen LogP contribution in [0, 0.1) is 0 Å². The van der Waals surface area contributed by atoms with Crippen LogP contribution in [-0.4, -0.2) is 38.9 Å². The van der Waals surface area contributed by atoms with Gasteiger partial charge in [-0.25, -0.2) is 8.42 Å². The maximum Gasteiger partial charge on any atom is 0.246 e. The maximum atomic E-state index is 12.4. The van der Waals surface area contributed by atoms with Gasteiger partial charge in [-0.05, 0) is 12.1 Å². The summed E-state index contributed by atoms with van der Waals surface area (Å²) in [5.41, 5.74) is 0. The first-order valence-electron chi connectivity index (χ1n) is 5.18. The number of rotatable bonds is 2. The molecule has 102 valence electrons. The van der Waals surface area contributed by atoms with Gasteiger partial charge in [0.1, 0.15) is 4.90 Å². The molecule has 1 fully saturated rings. The van der Waals surface area contributed by atoms with Crippen LogP contribution >= 0.6 is 35.6 Å². The van der Waals surface area contributed by atoms with Gasteiger partial charge in [-0.2, -0.15) is 4.31 Å². The van der Waals surface area contributed by atoms with Crippen LogP contribution in [0.15, 0.2) is 23.1 Å². The largest absolute Gasteiger partial charge is 0.314 e. The van der Waals surface area contributed by atoms with Gasteiger partial charge in [-0.15, -0.1) is 12.4 Å². The summed E-state index contributed by atoms with van der Waals surface area (Å²) in [6.07, 6.45) is 0. The van der Waals surface area contributed by atoms with Crippen molar-refractivity contribution in [3.63, 3.8) is 0 Å². The minimum Gasteiger partial charge on any atom is -0.314 e. The van der Waals surface area contributed by atoms with Crippen molar-refractivity contribution < 1.29 is 8.42 Å². The number of halogens is 3. The molecule has 1 aromatic carbocycles. The molecular weight excluding hydrogens is 319 g/mol. The van der Waals surface area contributed by atoms with Crippen LogP contribution in [0.25, 0.3) is 0 Å². The van der Waals surface area contributed by atoms with Crippen molar-refractivity contribution in [1.29, 1.82) is 0 Å². The van der Waals surface area contributed by atoms with Gasteiger partial charge in [0.15, 0.2) is 0 Å². The first-order chi connectivity index (χ1) is 8.03. The summed E-state index contributed by atoms with van der Waals surface area (Å²) in [5, 5.41) is 3.42. The molecule has 0 saturated carbocycles. The van der Waals surface area contributed by atoms with Crippen molar-refractivity contribution in [2.24, 2.45) is 0 Å². The van der Waals surface area contributed by atoms with E-state index in [2.05, 4.69) is 5.32 Å². The molecule has 0 unspecified atom stereocenters. The molecule has 1 aliphatic rings. The molecule has 1 N–H and O–H groups in total. The van der Waals surface area contributed by atoms with E-state index in [9.17, 15) is 8.42 Å². The lowest BCUT2D eigenvalue weighted by Gasteiger charge is -2.27. The van der Waals surface area contributed by atoms with Crippen LogP contribution in [-0.2, 0) is 10.0 Å². The fraction of sp³-hybridized carbons (Fsp3) is 0.400. The predicted octanol–water partition coefficient (Wildman–Crippen LogP) is 2.01. The molecule has 0 aromatic heterocycles. The van der Waals surface area contributed by atoms with E-state index in [1.54, 1.807) is 6.07 Å². The summed E-state index contributed by atoms with van der Waals surface area (Å²) in [6, 6.07) is 4.69. The van der Waals surface area contributed by atoms with Crippen LogP contribution < -0.4 is 5.32 Å². The van der Waals surface area contributed by atoms with Crippen molar-refractivity contribution in [2.45, 2.75) is 4.90 Å². The highest BCUT2D eigenvalue weighted by Crippen LogP contribution is 2.31. The molecule has 1 aliphatic heterocycles. The molecule has 0 amide bonds. The van der Waals surface area contributed by atoms with Gasteiger partial charge in [0.2, 0.25) is 10.0 Å². The molecule has 0 aliphatic carbocycles. The Labute approximate surface area is 123 Å². The van der Waals surface area contributed by atoms with E-state index in [0.717, 1.165) is 0 Å². The van der Waals surface area contributed by atoms with Crippen LogP contribution in [0.2, 0.25) is 10.0 Å². The summed E-state index contributed by atoms with van der Waals surface area (Å²) in [4.78, 5) is 0.00485. The number of nitrogens with one attached hydrogen (secondary N) is 1. The Morgan fingerprint density at radius 3 is 2.11 bits per heavy atom. The summed E-state index contributed by atoms with van der Waals surface area (Å²) in [6.45, 7) is 2.15. The van der Waals surface area contributed by atoms with Crippen LogP contribution in [0.3, 0.4) is 0 Å². The van der Waals surface area contributed by atoms with E-state index in [0.29, 0.717) is 26.2 Å². The molecule has 1 heterocycles. The van der Waals surface area contributed by atoms with E-state index < -0.39 is 10.0 Å². The van der Waals surface area contributed by atoms with E-state index in [4.69, 9.17) is 23.2 Å². The Morgan fingerprint density at radius 1 is 1.11 bits per heavy atom. The second-order valence-electron chi connectivity index (χ2n) is 3.70. The van der Waals surface area contributed by atoms with Crippen LogP contribution in [0.4, 0.5) is 0 Å². The van der Waals surface area contributed by atoms with Gasteiger partial charge >= 0.3 is 0 Å². The highest BCUT2D eigenvalue weighted by atomic mass is 35.5. The quantitative estimate of drug-likeness (QED) is 0.902. The predicted molar refractivity (Wildman–Crippen MR) is 75.3 cm³/mol. The molecule has 8 heteroatoms. The number of hydrogen-bond donors (Lipinski definition) is 1. The zero-order valence-corrected chi connectivity index (χ0v) is 12.5. The summed E-state index contributed by atoms with van der Waals surface area (Å²) >= 11 is 11.9. The second-order valence-corrected chi connectivity index (χ2v) is 6.39. The average Bonchev–Trinajstić information content (AvgIpc) is 2.29. The maximum absolute atomic E-state index is 12.4. The van der Waals surface area contributed by atoms with Gasteiger partial charge in [-0.3, -0.25) is 0 Å². The molecule has 4 nitrogen and oxygen atoms in total. The molecule has 0 spiro atoms. The van der Waals surface area contributed by atoms with Gasteiger partial charge in [0.05, 0.1) is 10.0 Å². The Hall–Kier alpha value is -0.0400. The van der Waals surface area contributed by atoms with Gasteiger partial charge in [0, 0.05) is 26.2 Å². The monoisotopic (exact) mass is 330 g/mol. The molecule has 1 aromatic rings. The van der Waals surface area contributed by atoms with E-state index in [1.165, 1.54) is 16.4 Å². The topological polar surface area (TPSA) is 49.4 Å². The second kappa shape index (κ2) is 6.41. The van der Waals surface area contributed by atoms with Crippen molar-refractivity contribution in [1.82, 2.24) is 9.62 Å². The van der Waals surface area contributed by atoms with Crippen LogP contribution in [0.1, 0.15) is 0 Å². The van der Waals surface area contributed by atoms with Crippen LogP contribution in [0.5, 0.6) is 0 Å². The van der Waals surface area contributed by atoms with Crippen molar-refractivity contribution in [3.05, 3.63) is 28.2 Å². The third-order valence-corrected chi connectivity index (χ3v) is 5.45. The SMILES string of the molecule is Cl.O=S(=O)(c1c(Cl)cccc1Cl)N1CCNCC1. The number of hydrogen-bond acceptors (Lipinski definition) is 3. The van der Waals surface area contributed by atoms with Gasteiger partial charge in [-0.1, -0.05) is 29.3 Å². The fourth-order valence-corrected chi connectivity index (χ4v) is 4.28. The zero-order valence-electron chi connectivity index (χ0n) is 9.40. The Bertz CT molecular complexity index is 496. The molecule has 2 rings (SSSR count). The Balaban J connectivity index is 0.00000162. The smallest absolute Gasteiger partial charge is 0.246 e. The van der Waals surface area contributed by atoms with E-state index >= 15 is 0 Å². The lowest BCUT2D eigenvalue weighted by molar-refractivity contribution is 0.360. The molecule has 0 radical (unpaired) electrons. The minimum absolute atomic E-state index is 0. The number of piperazine rings is 1. The molecule has 0 atom stereocenters. The molecular formula is C10H13Cl3N2O2S. The van der Waals surface area contributed by atoms with Crippen molar-refractivity contribution in [3.8, 4) is 0 Å². The lowest BCUT2D eigenvalue weighted by Crippen LogP contribution is -2.46. The highest BCUT2D eigenvalue weighted by molar-refractivity contribution is 7.89. The molecule has 0 bridgehead atoms.